The fourth-order valence-electron chi connectivity index (χ4n) is 4.73. The number of nitrogens with zero attached hydrogens (tertiary/aromatic N) is 5. The number of aryl methyl sites for hydroxylation is 1. The molecule has 9 heteroatoms. The first-order chi connectivity index (χ1) is 14.2. The molecule has 2 saturated heterocycles. The highest BCUT2D eigenvalue weighted by molar-refractivity contribution is 7.17. The molecule has 2 bridgehead atoms. The molecular formula is C20H24N8S. The molecule has 8 nitrogen and oxygen atoms in total. The lowest BCUT2D eigenvalue weighted by Crippen LogP contribution is -2.47. The molecule has 3 aromatic rings. The summed E-state index contributed by atoms with van der Waals surface area (Å²) in [5, 5.41) is 25.1. The van der Waals surface area contributed by atoms with E-state index >= 15 is 0 Å². The third-order valence-electron chi connectivity index (χ3n) is 5.96. The highest BCUT2D eigenvalue weighted by atomic mass is 32.1. The van der Waals surface area contributed by atoms with Crippen molar-refractivity contribution in [2.75, 3.05) is 17.2 Å². The van der Waals surface area contributed by atoms with Crippen molar-refractivity contribution in [3.05, 3.63) is 23.2 Å². The first-order valence-corrected chi connectivity index (χ1v) is 11.0. The quantitative estimate of drug-likeness (QED) is 0.570. The summed E-state index contributed by atoms with van der Waals surface area (Å²) < 4.78 is 1.03. The Labute approximate surface area is 173 Å². The normalized spacial score (nSPS) is 23.9. The van der Waals surface area contributed by atoms with Gasteiger partial charge in [0.25, 0.3) is 0 Å². The number of rotatable bonds is 6. The second kappa shape index (κ2) is 7.61. The van der Waals surface area contributed by atoms with Gasteiger partial charge in [-0.2, -0.15) is 15.3 Å². The second-order valence-electron chi connectivity index (χ2n) is 7.94. The maximum Gasteiger partial charge on any atom is 0.225 e. The van der Waals surface area contributed by atoms with Crippen molar-refractivity contribution < 1.29 is 0 Å². The van der Waals surface area contributed by atoms with Gasteiger partial charge in [0.2, 0.25) is 5.95 Å². The molecule has 0 spiro atoms. The largest absolute Gasteiger partial charge is 0.351 e. The van der Waals surface area contributed by atoms with Gasteiger partial charge in [-0.15, -0.1) is 11.3 Å². The predicted molar refractivity (Wildman–Crippen MR) is 114 cm³/mol. The van der Waals surface area contributed by atoms with Crippen LogP contribution in [0.3, 0.4) is 0 Å². The summed E-state index contributed by atoms with van der Waals surface area (Å²) in [7, 11) is 0. The first-order valence-electron chi connectivity index (χ1n) is 10.1. The molecular weight excluding hydrogens is 384 g/mol. The molecule has 2 fully saturated rings. The van der Waals surface area contributed by atoms with Gasteiger partial charge in [-0.05, 0) is 44.1 Å². The molecule has 0 amide bonds. The molecule has 3 aromatic heterocycles. The van der Waals surface area contributed by atoms with E-state index in [2.05, 4.69) is 31.8 Å². The van der Waals surface area contributed by atoms with E-state index in [4.69, 9.17) is 15.2 Å². The zero-order chi connectivity index (χ0) is 19.8. The van der Waals surface area contributed by atoms with Gasteiger partial charge >= 0.3 is 0 Å². The molecule has 5 heterocycles. The Hall–Kier alpha value is -2.70. The summed E-state index contributed by atoms with van der Waals surface area (Å²) in [6.45, 7) is 2.87. The van der Waals surface area contributed by atoms with Crippen LogP contribution >= 0.6 is 11.3 Å². The van der Waals surface area contributed by atoms with Crippen LogP contribution in [0.25, 0.3) is 10.2 Å². The van der Waals surface area contributed by atoms with E-state index in [0.717, 1.165) is 46.9 Å². The highest BCUT2D eigenvalue weighted by Crippen LogP contribution is 2.37. The van der Waals surface area contributed by atoms with Crippen molar-refractivity contribution in [3.8, 4) is 6.07 Å². The molecule has 0 saturated carbocycles. The minimum Gasteiger partial charge on any atom is -0.351 e. The van der Waals surface area contributed by atoms with Gasteiger partial charge < -0.3 is 10.6 Å². The summed E-state index contributed by atoms with van der Waals surface area (Å²) in [5.41, 5.74) is 1.94. The Morgan fingerprint density at radius 3 is 2.86 bits per heavy atom. The van der Waals surface area contributed by atoms with Crippen LogP contribution < -0.4 is 10.6 Å². The van der Waals surface area contributed by atoms with Crippen molar-refractivity contribution >= 4 is 39.1 Å². The molecule has 2 atom stereocenters. The van der Waals surface area contributed by atoms with E-state index in [1.54, 1.807) is 11.3 Å². The summed E-state index contributed by atoms with van der Waals surface area (Å²) in [6, 6.07) is 7.77. The molecule has 0 aromatic carbocycles. The van der Waals surface area contributed by atoms with Crippen LogP contribution in [0.5, 0.6) is 0 Å². The molecule has 0 aliphatic carbocycles. The Morgan fingerprint density at radius 2 is 2.14 bits per heavy atom. The SMILES string of the molecule is Cc1cc(Nc2nc(NC3CC4CCC(C3)N4CCC#N)nc3ccsc23)n[nH]1. The van der Waals surface area contributed by atoms with E-state index in [1.165, 1.54) is 12.8 Å². The van der Waals surface area contributed by atoms with Crippen LogP contribution in [-0.2, 0) is 0 Å². The third-order valence-corrected chi connectivity index (χ3v) is 6.87. The van der Waals surface area contributed by atoms with Gasteiger partial charge in [0.05, 0.1) is 16.3 Å². The topological polar surface area (TPSA) is 106 Å². The van der Waals surface area contributed by atoms with Gasteiger partial charge in [-0.1, -0.05) is 0 Å². The number of hydrogen-bond acceptors (Lipinski definition) is 8. The number of fused-ring (bicyclic) bond motifs is 3. The number of thiophene rings is 1. The van der Waals surface area contributed by atoms with Gasteiger partial charge in [0.15, 0.2) is 11.6 Å². The Morgan fingerprint density at radius 1 is 1.31 bits per heavy atom. The third kappa shape index (κ3) is 3.66. The summed E-state index contributed by atoms with van der Waals surface area (Å²) in [6.07, 6.45) is 5.22. The van der Waals surface area contributed by atoms with E-state index in [-0.39, 0.29) is 0 Å². The van der Waals surface area contributed by atoms with Crippen molar-refractivity contribution in [1.82, 2.24) is 25.1 Å². The van der Waals surface area contributed by atoms with Gasteiger partial charge in [0.1, 0.15) is 0 Å². The Balaban J connectivity index is 1.34. The number of piperidine rings is 1. The molecule has 29 heavy (non-hydrogen) atoms. The highest BCUT2D eigenvalue weighted by Gasteiger charge is 2.40. The molecule has 0 radical (unpaired) electrons. The number of aromatic nitrogens is 4. The average molecular weight is 409 g/mol. The zero-order valence-corrected chi connectivity index (χ0v) is 17.2. The standard InChI is InChI=1S/C20H24N8S/c1-12-9-17(27-26-12)24-19-18-16(5-8-29-18)23-20(25-19)22-13-10-14-3-4-15(11-13)28(14)7-2-6-21/h5,8-9,13-15H,2-4,7,10-11H2,1H3,(H3,22,23,24,25,26,27). The van der Waals surface area contributed by atoms with E-state index in [1.807, 2.05) is 24.4 Å². The minimum absolute atomic E-state index is 0.363. The molecule has 3 N–H and O–H groups in total. The van der Waals surface area contributed by atoms with Gasteiger partial charge in [-0.25, -0.2) is 4.98 Å². The maximum atomic E-state index is 8.92. The lowest BCUT2D eigenvalue weighted by Gasteiger charge is -2.38. The Bertz CT molecular complexity index is 1040. The fourth-order valence-corrected chi connectivity index (χ4v) is 5.51. The van der Waals surface area contributed by atoms with Crippen molar-refractivity contribution in [2.24, 2.45) is 0 Å². The van der Waals surface area contributed by atoms with Crippen LogP contribution in [0.4, 0.5) is 17.6 Å². The van der Waals surface area contributed by atoms with Crippen molar-refractivity contribution in [2.45, 2.75) is 57.2 Å². The fraction of sp³-hybridized carbons (Fsp3) is 0.500. The first kappa shape index (κ1) is 18.3. The summed E-state index contributed by atoms with van der Waals surface area (Å²) >= 11 is 1.63. The zero-order valence-electron chi connectivity index (χ0n) is 16.4. The molecule has 5 rings (SSSR count). The number of nitriles is 1. The summed E-state index contributed by atoms with van der Waals surface area (Å²) in [5.74, 6) is 2.21. The van der Waals surface area contributed by atoms with E-state index < -0.39 is 0 Å². The number of H-pyrrole nitrogens is 1. The molecule has 150 valence electrons. The molecule has 2 aliphatic rings. The number of hydrogen-bond donors (Lipinski definition) is 3. The number of anilines is 3. The van der Waals surface area contributed by atoms with E-state index in [9.17, 15) is 0 Å². The number of aromatic amines is 1. The van der Waals surface area contributed by atoms with Crippen LogP contribution in [0.1, 0.15) is 37.8 Å². The monoisotopic (exact) mass is 408 g/mol. The Kier molecular flexibility index (Phi) is 4.81. The molecule has 2 aliphatic heterocycles. The second-order valence-corrected chi connectivity index (χ2v) is 8.85. The van der Waals surface area contributed by atoms with E-state index in [0.29, 0.717) is 30.5 Å². The van der Waals surface area contributed by atoms with Crippen LogP contribution in [0.2, 0.25) is 0 Å². The average Bonchev–Trinajstić information content (AvgIpc) is 3.39. The number of nitrogens with one attached hydrogen (secondary N) is 3. The minimum atomic E-state index is 0.363. The predicted octanol–water partition coefficient (Wildman–Crippen LogP) is 3.79. The van der Waals surface area contributed by atoms with Crippen LogP contribution in [0, 0.1) is 18.3 Å². The van der Waals surface area contributed by atoms with Crippen LogP contribution in [-0.4, -0.2) is 49.7 Å². The molecule has 2 unspecified atom stereocenters. The van der Waals surface area contributed by atoms with Crippen molar-refractivity contribution in [3.63, 3.8) is 0 Å². The van der Waals surface area contributed by atoms with Crippen molar-refractivity contribution in [1.29, 1.82) is 5.26 Å². The lowest BCUT2D eigenvalue weighted by atomic mass is 9.97. The van der Waals surface area contributed by atoms with Gasteiger partial charge in [0, 0.05) is 42.9 Å². The van der Waals surface area contributed by atoms with Gasteiger partial charge in [-0.3, -0.25) is 10.00 Å². The summed E-state index contributed by atoms with van der Waals surface area (Å²) in [4.78, 5) is 12.1. The smallest absolute Gasteiger partial charge is 0.225 e. The maximum absolute atomic E-state index is 8.92. The van der Waals surface area contributed by atoms with Crippen LogP contribution in [0.15, 0.2) is 17.5 Å². The lowest BCUT2D eigenvalue weighted by molar-refractivity contribution is 0.135.